The minimum Gasteiger partial charge on any atom is -0.399 e. The van der Waals surface area contributed by atoms with Crippen LogP contribution in [0.1, 0.15) is 25.7 Å². The Balaban J connectivity index is 1.86. The summed E-state index contributed by atoms with van der Waals surface area (Å²) in [6.07, 6.45) is 5.58. The topological polar surface area (TPSA) is 38.0 Å². The van der Waals surface area contributed by atoms with E-state index in [4.69, 9.17) is 5.73 Å². The quantitative estimate of drug-likeness (QED) is 0.676. The molecule has 2 aliphatic rings. The first-order valence-electron chi connectivity index (χ1n) is 6.04. The summed E-state index contributed by atoms with van der Waals surface area (Å²) in [6.45, 7) is 1.14. The first kappa shape index (κ1) is 10.3. The molecule has 1 spiro atoms. The summed E-state index contributed by atoms with van der Waals surface area (Å²) < 4.78 is 0. The molecular formula is C13H18N2S. The van der Waals surface area contributed by atoms with Gasteiger partial charge < -0.3 is 11.1 Å². The molecule has 0 radical (unpaired) electrons. The fourth-order valence-corrected chi connectivity index (χ4v) is 4.18. The number of benzene rings is 1. The lowest BCUT2D eigenvalue weighted by atomic mass is 9.88. The zero-order valence-electron chi connectivity index (χ0n) is 9.46. The summed E-state index contributed by atoms with van der Waals surface area (Å²) in [5, 5.41) is 3.61. The Morgan fingerprint density at radius 3 is 2.88 bits per heavy atom. The van der Waals surface area contributed by atoms with Gasteiger partial charge in [0.05, 0.1) is 0 Å². The molecule has 2 nitrogen and oxygen atoms in total. The fourth-order valence-electron chi connectivity index (χ4n) is 2.82. The van der Waals surface area contributed by atoms with E-state index in [2.05, 4.69) is 17.4 Å². The molecule has 1 fully saturated rings. The Kier molecular flexibility index (Phi) is 2.51. The number of fused-ring (bicyclic) bond motifs is 1. The molecule has 16 heavy (non-hydrogen) atoms. The van der Waals surface area contributed by atoms with Crippen LogP contribution in [-0.4, -0.2) is 12.3 Å². The summed E-state index contributed by atoms with van der Waals surface area (Å²) in [5.74, 6) is 1.25. The molecule has 0 amide bonds. The van der Waals surface area contributed by atoms with Gasteiger partial charge in [0.15, 0.2) is 0 Å². The van der Waals surface area contributed by atoms with Crippen molar-refractivity contribution < 1.29 is 0 Å². The lowest BCUT2D eigenvalue weighted by Crippen LogP contribution is -2.27. The van der Waals surface area contributed by atoms with Crippen LogP contribution in [0.5, 0.6) is 0 Å². The van der Waals surface area contributed by atoms with Crippen molar-refractivity contribution in [3.63, 3.8) is 0 Å². The number of rotatable bonds is 0. The summed E-state index contributed by atoms with van der Waals surface area (Å²) in [5.41, 5.74) is 8.51. The molecule has 0 bridgehead atoms. The van der Waals surface area contributed by atoms with Crippen molar-refractivity contribution >= 4 is 23.1 Å². The smallest absolute Gasteiger partial charge is 0.0480 e. The van der Waals surface area contributed by atoms with Crippen LogP contribution in [0, 0.1) is 5.41 Å². The van der Waals surface area contributed by atoms with E-state index in [0.717, 1.165) is 12.2 Å². The average Bonchev–Trinajstić information content (AvgIpc) is 2.66. The molecule has 86 valence electrons. The number of nitrogen functional groups attached to an aromatic ring is 1. The molecule has 3 heteroatoms. The van der Waals surface area contributed by atoms with Crippen molar-refractivity contribution in [2.45, 2.75) is 30.6 Å². The van der Waals surface area contributed by atoms with E-state index in [9.17, 15) is 0 Å². The van der Waals surface area contributed by atoms with Crippen LogP contribution in [-0.2, 0) is 0 Å². The normalized spacial score (nSPS) is 22.5. The minimum absolute atomic E-state index is 0.540. The van der Waals surface area contributed by atoms with Gasteiger partial charge >= 0.3 is 0 Å². The molecule has 1 aliphatic carbocycles. The van der Waals surface area contributed by atoms with Crippen LogP contribution in [0.25, 0.3) is 0 Å². The summed E-state index contributed by atoms with van der Waals surface area (Å²) in [7, 11) is 0. The highest BCUT2D eigenvalue weighted by Gasteiger charge is 2.35. The molecule has 3 N–H and O–H groups in total. The Morgan fingerprint density at radius 2 is 2.06 bits per heavy atom. The van der Waals surface area contributed by atoms with Crippen LogP contribution in [0.4, 0.5) is 11.4 Å². The number of nitrogens with two attached hydrogens (primary N) is 1. The number of hydrogen-bond donors (Lipinski definition) is 2. The molecular weight excluding hydrogens is 216 g/mol. The third kappa shape index (κ3) is 1.77. The van der Waals surface area contributed by atoms with Crippen LogP contribution in [0.3, 0.4) is 0 Å². The predicted octanol–water partition coefficient (Wildman–Crippen LogP) is 3.35. The highest BCUT2D eigenvalue weighted by atomic mass is 32.2. The van der Waals surface area contributed by atoms with Gasteiger partial charge in [0.2, 0.25) is 0 Å². The van der Waals surface area contributed by atoms with Gasteiger partial charge in [-0.05, 0) is 36.5 Å². The van der Waals surface area contributed by atoms with Crippen molar-refractivity contribution in [2.24, 2.45) is 5.41 Å². The number of anilines is 2. The third-order valence-electron chi connectivity index (χ3n) is 3.86. The zero-order valence-corrected chi connectivity index (χ0v) is 10.3. The Bertz CT molecular complexity index is 397. The molecule has 3 rings (SSSR count). The van der Waals surface area contributed by atoms with E-state index in [1.807, 2.05) is 17.8 Å². The van der Waals surface area contributed by atoms with Gasteiger partial charge in [-0.3, -0.25) is 0 Å². The number of nitrogens with one attached hydrogen (secondary N) is 1. The van der Waals surface area contributed by atoms with Crippen molar-refractivity contribution in [3.05, 3.63) is 18.2 Å². The summed E-state index contributed by atoms with van der Waals surface area (Å²) in [6, 6.07) is 6.20. The molecule has 1 aromatic rings. The SMILES string of the molecule is Nc1ccc2c(c1)SCC1(CCCC1)CN2. The molecule has 0 atom stereocenters. The van der Waals surface area contributed by atoms with Crippen LogP contribution in [0.15, 0.2) is 23.1 Å². The highest BCUT2D eigenvalue weighted by Crippen LogP contribution is 2.46. The first-order chi connectivity index (χ1) is 7.77. The van der Waals surface area contributed by atoms with E-state index in [1.54, 1.807) is 0 Å². The molecule has 0 unspecified atom stereocenters. The largest absolute Gasteiger partial charge is 0.399 e. The van der Waals surface area contributed by atoms with Crippen LogP contribution in [0.2, 0.25) is 0 Å². The standard InChI is InChI=1S/C13H18N2S/c14-10-3-4-11-12(7-10)16-9-13(8-15-11)5-1-2-6-13/h3-4,7,15H,1-2,5-6,8-9,14H2. The third-order valence-corrected chi connectivity index (χ3v) is 5.26. The summed E-state index contributed by atoms with van der Waals surface area (Å²) >= 11 is 1.98. The van der Waals surface area contributed by atoms with Gasteiger partial charge in [-0.25, -0.2) is 0 Å². The fraction of sp³-hybridized carbons (Fsp3) is 0.538. The number of thioether (sulfide) groups is 1. The zero-order chi connectivity index (χ0) is 11.0. The van der Waals surface area contributed by atoms with Crippen molar-refractivity contribution in [2.75, 3.05) is 23.3 Å². The van der Waals surface area contributed by atoms with Gasteiger partial charge in [-0.2, -0.15) is 0 Å². The Hall–Kier alpha value is -0.830. The second-order valence-electron chi connectivity index (χ2n) is 5.10. The maximum absolute atomic E-state index is 5.84. The second-order valence-corrected chi connectivity index (χ2v) is 6.12. The van der Waals surface area contributed by atoms with E-state index < -0.39 is 0 Å². The maximum Gasteiger partial charge on any atom is 0.0480 e. The van der Waals surface area contributed by atoms with Gasteiger partial charge in [0.25, 0.3) is 0 Å². The second kappa shape index (κ2) is 3.88. The maximum atomic E-state index is 5.84. The average molecular weight is 234 g/mol. The van der Waals surface area contributed by atoms with Crippen molar-refractivity contribution in [1.29, 1.82) is 0 Å². The van der Waals surface area contributed by atoms with E-state index in [0.29, 0.717) is 5.41 Å². The van der Waals surface area contributed by atoms with Gasteiger partial charge in [0, 0.05) is 28.6 Å². The van der Waals surface area contributed by atoms with Gasteiger partial charge in [-0.15, -0.1) is 11.8 Å². The first-order valence-corrected chi connectivity index (χ1v) is 7.02. The van der Waals surface area contributed by atoms with Crippen LogP contribution >= 0.6 is 11.8 Å². The molecule has 0 saturated heterocycles. The molecule has 1 saturated carbocycles. The van der Waals surface area contributed by atoms with Gasteiger partial charge in [0.1, 0.15) is 0 Å². The lowest BCUT2D eigenvalue weighted by molar-refractivity contribution is 0.373. The molecule has 0 aromatic heterocycles. The summed E-state index contributed by atoms with van der Waals surface area (Å²) in [4.78, 5) is 1.32. The van der Waals surface area contributed by atoms with E-state index in [1.165, 1.54) is 42.0 Å². The lowest BCUT2D eigenvalue weighted by Gasteiger charge is -2.26. The minimum atomic E-state index is 0.540. The van der Waals surface area contributed by atoms with E-state index in [-0.39, 0.29) is 0 Å². The van der Waals surface area contributed by atoms with Crippen molar-refractivity contribution in [1.82, 2.24) is 0 Å². The Morgan fingerprint density at radius 1 is 1.25 bits per heavy atom. The van der Waals surface area contributed by atoms with E-state index >= 15 is 0 Å². The molecule has 1 aliphatic heterocycles. The highest BCUT2D eigenvalue weighted by molar-refractivity contribution is 7.99. The molecule has 1 heterocycles. The van der Waals surface area contributed by atoms with Gasteiger partial charge in [-0.1, -0.05) is 12.8 Å². The molecule has 1 aromatic carbocycles. The Labute approximate surface area is 101 Å². The predicted molar refractivity (Wildman–Crippen MR) is 71.0 cm³/mol. The van der Waals surface area contributed by atoms with Crippen LogP contribution < -0.4 is 11.1 Å². The van der Waals surface area contributed by atoms with Crippen molar-refractivity contribution in [3.8, 4) is 0 Å². The number of hydrogen-bond acceptors (Lipinski definition) is 3. The monoisotopic (exact) mass is 234 g/mol.